The van der Waals surface area contributed by atoms with Crippen LogP contribution in [0.25, 0.3) is 5.76 Å². The number of furan rings is 1. The van der Waals surface area contributed by atoms with Gasteiger partial charge in [-0.3, -0.25) is 9.59 Å². The Kier molecular flexibility index (Phi) is 5.02. The van der Waals surface area contributed by atoms with E-state index in [9.17, 15) is 14.7 Å². The van der Waals surface area contributed by atoms with E-state index >= 15 is 0 Å². The number of rotatable bonds is 4. The van der Waals surface area contributed by atoms with E-state index in [0.717, 1.165) is 11.3 Å². The molecule has 0 bridgehead atoms. The van der Waals surface area contributed by atoms with Crippen LogP contribution < -0.4 is 4.74 Å². The van der Waals surface area contributed by atoms with E-state index in [2.05, 4.69) is 0 Å². The first-order valence-corrected chi connectivity index (χ1v) is 10.7. The zero-order chi connectivity index (χ0) is 22.4. The lowest BCUT2D eigenvalue weighted by Gasteiger charge is -2.24. The van der Waals surface area contributed by atoms with Crippen molar-refractivity contribution >= 4 is 29.1 Å². The maximum atomic E-state index is 13.1. The second-order valence-electron chi connectivity index (χ2n) is 8.02. The zero-order valence-corrected chi connectivity index (χ0v) is 18.0. The van der Waals surface area contributed by atoms with Crippen LogP contribution in [0.5, 0.6) is 5.75 Å². The van der Waals surface area contributed by atoms with Crippen molar-refractivity contribution in [1.82, 2.24) is 4.90 Å². The molecular formula is C25H20ClNO5. The molecule has 162 valence electrons. The van der Waals surface area contributed by atoms with Gasteiger partial charge in [-0.15, -0.1) is 0 Å². The molecule has 1 amide bonds. The van der Waals surface area contributed by atoms with Crippen LogP contribution in [0, 0.1) is 0 Å². The minimum absolute atomic E-state index is 0.0238. The van der Waals surface area contributed by atoms with Gasteiger partial charge in [0.25, 0.3) is 11.7 Å². The Balaban J connectivity index is 1.64. The van der Waals surface area contributed by atoms with Crippen molar-refractivity contribution in [3.05, 3.63) is 93.9 Å². The highest BCUT2D eigenvalue weighted by molar-refractivity contribution is 6.46. The summed E-state index contributed by atoms with van der Waals surface area (Å²) in [4.78, 5) is 27.5. The van der Waals surface area contributed by atoms with Gasteiger partial charge in [-0.05, 0) is 60.5 Å². The lowest BCUT2D eigenvalue weighted by atomic mass is 9.94. The summed E-state index contributed by atoms with van der Waals surface area (Å²) in [6.45, 7) is 2.06. The second kappa shape index (κ2) is 7.88. The first-order chi connectivity index (χ1) is 15.4. The minimum atomic E-state index is -0.803. The molecule has 0 spiro atoms. The van der Waals surface area contributed by atoms with Gasteiger partial charge in [0, 0.05) is 17.0 Å². The van der Waals surface area contributed by atoms with Crippen molar-refractivity contribution in [3.63, 3.8) is 0 Å². The monoisotopic (exact) mass is 449 g/mol. The minimum Gasteiger partial charge on any atom is -0.507 e. The van der Waals surface area contributed by atoms with Crippen molar-refractivity contribution in [2.45, 2.75) is 32.0 Å². The fraction of sp³-hybridized carbons (Fsp3) is 0.200. The predicted octanol–water partition coefficient (Wildman–Crippen LogP) is 4.88. The molecule has 2 aliphatic rings. The normalized spacial score (nSPS) is 21.6. The molecule has 2 aliphatic heterocycles. The molecule has 6 nitrogen and oxygen atoms in total. The fourth-order valence-corrected chi connectivity index (χ4v) is 4.56. The van der Waals surface area contributed by atoms with Crippen molar-refractivity contribution < 1.29 is 23.8 Å². The summed E-state index contributed by atoms with van der Waals surface area (Å²) in [5, 5.41) is 11.7. The van der Waals surface area contributed by atoms with Gasteiger partial charge >= 0.3 is 0 Å². The molecule has 32 heavy (non-hydrogen) atoms. The van der Waals surface area contributed by atoms with Crippen LogP contribution in [0.15, 0.2) is 70.9 Å². The standard InChI is InChI=1S/C25H20ClNO5/c1-14-10-17-11-16(7-8-20(17)32-14)23(28)21-22(15-4-2-5-18(26)12-15)27(25(30)24(21)29)13-19-6-3-9-31-19/h2-9,11-12,14,22,28H,10,13H2,1H3/b23-21+/t14-,22-/m1/s1. The summed E-state index contributed by atoms with van der Waals surface area (Å²) < 4.78 is 11.1. The van der Waals surface area contributed by atoms with Gasteiger partial charge < -0.3 is 19.2 Å². The average Bonchev–Trinajstić information content (AvgIpc) is 3.47. The quantitative estimate of drug-likeness (QED) is 0.349. The van der Waals surface area contributed by atoms with E-state index in [0.29, 0.717) is 28.3 Å². The van der Waals surface area contributed by atoms with Crippen molar-refractivity contribution in [2.75, 3.05) is 0 Å². The topological polar surface area (TPSA) is 80.0 Å². The number of hydrogen-bond acceptors (Lipinski definition) is 5. The number of aliphatic hydroxyl groups is 1. The Morgan fingerprint density at radius 2 is 2.00 bits per heavy atom. The number of ketones is 1. The van der Waals surface area contributed by atoms with Crippen LogP contribution in [0.2, 0.25) is 5.02 Å². The molecule has 5 rings (SSSR count). The van der Waals surface area contributed by atoms with Crippen molar-refractivity contribution in [3.8, 4) is 5.75 Å². The molecule has 1 fully saturated rings. The van der Waals surface area contributed by atoms with Crippen molar-refractivity contribution in [2.24, 2.45) is 0 Å². The predicted molar refractivity (Wildman–Crippen MR) is 118 cm³/mol. The number of ether oxygens (including phenoxy) is 1. The van der Waals surface area contributed by atoms with Crippen molar-refractivity contribution in [1.29, 1.82) is 0 Å². The third kappa shape index (κ3) is 3.46. The summed E-state index contributed by atoms with van der Waals surface area (Å²) in [6, 6.07) is 14.9. The molecule has 2 aromatic carbocycles. The van der Waals surface area contributed by atoms with E-state index < -0.39 is 17.7 Å². The summed E-state index contributed by atoms with van der Waals surface area (Å²) in [5.74, 6) is -0.380. The van der Waals surface area contributed by atoms with E-state index in [1.54, 1.807) is 48.5 Å². The number of hydrogen-bond donors (Lipinski definition) is 1. The molecule has 3 aromatic rings. The number of carbonyl (C=O) groups excluding carboxylic acids is 2. The van der Waals surface area contributed by atoms with Gasteiger partial charge in [0.05, 0.1) is 24.4 Å². The smallest absolute Gasteiger partial charge is 0.296 e. The molecule has 1 saturated heterocycles. The maximum Gasteiger partial charge on any atom is 0.296 e. The molecule has 0 radical (unpaired) electrons. The summed E-state index contributed by atoms with van der Waals surface area (Å²) in [5.41, 5.74) is 2.06. The highest BCUT2D eigenvalue weighted by Gasteiger charge is 2.46. The second-order valence-corrected chi connectivity index (χ2v) is 8.45. The maximum absolute atomic E-state index is 13.1. The average molecular weight is 450 g/mol. The molecule has 0 aliphatic carbocycles. The molecule has 0 saturated carbocycles. The first-order valence-electron chi connectivity index (χ1n) is 10.3. The fourth-order valence-electron chi connectivity index (χ4n) is 4.36. The van der Waals surface area contributed by atoms with E-state index in [1.165, 1.54) is 11.2 Å². The lowest BCUT2D eigenvalue weighted by Crippen LogP contribution is -2.29. The van der Waals surface area contributed by atoms with Gasteiger partial charge in [-0.2, -0.15) is 0 Å². The van der Waals surface area contributed by atoms with Gasteiger partial charge in [0.1, 0.15) is 23.4 Å². The summed E-state index contributed by atoms with van der Waals surface area (Å²) in [7, 11) is 0. The molecule has 2 atom stereocenters. The Hall–Kier alpha value is -3.51. The largest absolute Gasteiger partial charge is 0.507 e. The molecule has 1 aromatic heterocycles. The zero-order valence-electron chi connectivity index (χ0n) is 17.2. The number of aliphatic hydroxyl groups excluding tert-OH is 1. The van der Waals surface area contributed by atoms with Crippen LogP contribution >= 0.6 is 11.6 Å². The summed E-state index contributed by atoms with van der Waals surface area (Å²) >= 11 is 6.21. The first kappa shape index (κ1) is 20.4. The number of fused-ring (bicyclic) bond motifs is 1. The number of amides is 1. The third-order valence-corrected chi connectivity index (χ3v) is 6.02. The number of likely N-dealkylation sites (tertiary alicyclic amines) is 1. The molecular weight excluding hydrogens is 430 g/mol. The lowest BCUT2D eigenvalue weighted by molar-refractivity contribution is -0.140. The Labute approximate surface area is 189 Å². The van der Waals surface area contributed by atoms with Gasteiger partial charge in [0.15, 0.2) is 0 Å². The van der Waals surface area contributed by atoms with Crippen LogP contribution in [0.1, 0.15) is 35.4 Å². The number of carbonyl (C=O) groups is 2. The van der Waals surface area contributed by atoms with Crippen LogP contribution in [0.3, 0.4) is 0 Å². The highest BCUT2D eigenvalue weighted by atomic mass is 35.5. The SMILES string of the molecule is C[C@@H]1Cc2cc(/C(O)=C3\C(=O)C(=O)N(Cc4ccco4)[C@@H]3c3cccc(Cl)c3)ccc2O1. The highest BCUT2D eigenvalue weighted by Crippen LogP contribution is 2.41. The van der Waals surface area contributed by atoms with Crippen LogP contribution in [-0.2, 0) is 22.6 Å². The Morgan fingerprint density at radius 3 is 2.75 bits per heavy atom. The Bertz CT molecular complexity index is 1250. The summed E-state index contributed by atoms with van der Waals surface area (Å²) in [6.07, 6.45) is 2.27. The molecule has 7 heteroatoms. The number of nitrogens with zero attached hydrogens (tertiary/aromatic N) is 1. The molecule has 3 heterocycles. The molecule has 1 N–H and O–H groups in total. The van der Waals surface area contributed by atoms with E-state index in [4.69, 9.17) is 20.8 Å². The van der Waals surface area contributed by atoms with Gasteiger partial charge in [-0.25, -0.2) is 0 Å². The van der Waals surface area contributed by atoms with Crippen LogP contribution in [-0.4, -0.2) is 27.8 Å². The molecule has 0 unspecified atom stereocenters. The van der Waals surface area contributed by atoms with E-state index in [-0.39, 0.29) is 24.0 Å². The Morgan fingerprint density at radius 1 is 1.16 bits per heavy atom. The number of halogens is 1. The van der Waals surface area contributed by atoms with E-state index in [1.807, 2.05) is 13.0 Å². The van der Waals surface area contributed by atoms with Gasteiger partial charge in [0.2, 0.25) is 0 Å². The number of benzene rings is 2. The van der Waals surface area contributed by atoms with Gasteiger partial charge in [-0.1, -0.05) is 23.7 Å². The third-order valence-electron chi connectivity index (χ3n) is 5.78. The number of Topliss-reactive ketones (excluding diaryl/α,β-unsaturated/α-hetero) is 1. The van der Waals surface area contributed by atoms with Crippen LogP contribution in [0.4, 0.5) is 0 Å².